The average molecular weight is 455 g/mol. The molecule has 0 aliphatic carbocycles. The maximum atomic E-state index is 9.88. The molecule has 0 spiro atoms. The van der Waals surface area contributed by atoms with Crippen LogP contribution in [0.1, 0.15) is 85.8 Å². The minimum Gasteiger partial charge on any atom is -0.393 e. The monoisotopic (exact) mass is 454 g/mol. The molecular weight excluding hydrogens is 408 g/mol. The molecule has 0 fully saturated rings. The second-order valence-electron chi connectivity index (χ2n) is 11.4. The normalized spacial score (nSPS) is 17.6. The van der Waals surface area contributed by atoms with Crippen molar-refractivity contribution in [3.63, 3.8) is 0 Å². The average Bonchev–Trinajstić information content (AvgIpc) is 2.76. The Morgan fingerprint density at radius 3 is 1.75 bits per heavy atom. The first-order valence-corrected chi connectivity index (χ1v) is 13.2. The quantitative estimate of drug-likeness (QED) is 0.368. The molecule has 1 N–H and O–H groups in total. The van der Waals surface area contributed by atoms with Crippen molar-refractivity contribution < 1.29 is 5.11 Å². The third kappa shape index (κ3) is 6.00. The number of rotatable bonds is 11. The van der Waals surface area contributed by atoms with Gasteiger partial charge in [-0.05, 0) is 47.6 Å². The van der Waals surface area contributed by atoms with E-state index in [1.807, 2.05) is 18.7 Å². The molecule has 0 radical (unpaired) electrons. The van der Waals surface area contributed by atoms with Gasteiger partial charge >= 0.3 is 0 Å². The van der Waals surface area contributed by atoms with Crippen molar-refractivity contribution in [1.29, 1.82) is 0 Å². The van der Waals surface area contributed by atoms with E-state index in [0.29, 0.717) is 17.8 Å². The Labute approximate surface area is 202 Å². The zero-order chi connectivity index (χ0) is 24.2. The van der Waals surface area contributed by atoms with Crippen LogP contribution in [0.3, 0.4) is 0 Å². The molecule has 1 nitrogen and oxygen atoms in total. The third-order valence-electron chi connectivity index (χ3n) is 8.26. The van der Waals surface area contributed by atoms with Crippen molar-refractivity contribution in [3.8, 4) is 0 Å². The largest absolute Gasteiger partial charge is 0.393 e. The number of aliphatic hydroxyl groups excluding tert-OH is 1. The van der Waals surface area contributed by atoms with E-state index in [4.69, 9.17) is 0 Å². The minimum atomic E-state index is -0.273. The van der Waals surface area contributed by atoms with Crippen LogP contribution in [0.2, 0.25) is 0 Å². The molecule has 4 unspecified atom stereocenters. The van der Waals surface area contributed by atoms with E-state index < -0.39 is 0 Å². The van der Waals surface area contributed by atoms with Crippen molar-refractivity contribution in [2.45, 2.75) is 90.9 Å². The smallest absolute Gasteiger partial charge is 0.0602 e. The molecule has 178 valence electrons. The lowest BCUT2D eigenvalue weighted by molar-refractivity contribution is 0.0434. The summed E-state index contributed by atoms with van der Waals surface area (Å²) in [5.41, 5.74) is 2.96. The predicted octanol–water partition coefficient (Wildman–Crippen LogP) is 8.33. The zero-order valence-electron chi connectivity index (χ0n) is 21.9. The summed E-state index contributed by atoms with van der Waals surface area (Å²) < 4.78 is 0.0861. The Balaban J connectivity index is 2.50. The Morgan fingerprint density at radius 1 is 0.781 bits per heavy atom. The van der Waals surface area contributed by atoms with Crippen LogP contribution in [0.4, 0.5) is 0 Å². The van der Waals surface area contributed by atoms with E-state index >= 15 is 0 Å². The summed E-state index contributed by atoms with van der Waals surface area (Å²) in [6, 6.07) is 22.2. The fourth-order valence-electron chi connectivity index (χ4n) is 5.43. The van der Waals surface area contributed by atoms with Gasteiger partial charge in [0.1, 0.15) is 0 Å². The first-order valence-electron chi connectivity index (χ1n) is 12.3. The van der Waals surface area contributed by atoms with E-state index in [1.165, 1.54) is 11.1 Å². The maximum Gasteiger partial charge on any atom is 0.0602 e. The molecular formula is C30H46OS. The highest BCUT2D eigenvalue weighted by molar-refractivity contribution is 8.00. The van der Waals surface area contributed by atoms with Crippen LogP contribution in [0.15, 0.2) is 60.7 Å². The molecule has 2 heteroatoms. The Bertz CT molecular complexity index is 809. The molecule has 0 heterocycles. The molecule has 0 aliphatic rings. The highest BCUT2D eigenvalue weighted by Gasteiger charge is 2.50. The van der Waals surface area contributed by atoms with Crippen LogP contribution in [0.25, 0.3) is 0 Å². The van der Waals surface area contributed by atoms with Crippen LogP contribution in [0, 0.1) is 17.3 Å². The molecule has 2 aromatic carbocycles. The highest BCUT2D eigenvalue weighted by atomic mass is 32.2. The summed E-state index contributed by atoms with van der Waals surface area (Å²) >= 11 is 1.90. The molecule has 0 amide bonds. The highest BCUT2D eigenvalue weighted by Crippen LogP contribution is 2.56. The fourth-order valence-corrected chi connectivity index (χ4v) is 6.42. The van der Waals surface area contributed by atoms with Crippen molar-refractivity contribution >= 4 is 11.8 Å². The molecule has 2 rings (SSSR count). The van der Waals surface area contributed by atoms with Gasteiger partial charge in [0, 0.05) is 15.9 Å². The van der Waals surface area contributed by atoms with Crippen molar-refractivity contribution in [3.05, 3.63) is 71.8 Å². The van der Waals surface area contributed by atoms with E-state index in [9.17, 15) is 5.11 Å². The predicted molar refractivity (Wildman–Crippen MR) is 144 cm³/mol. The van der Waals surface area contributed by atoms with Gasteiger partial charge in [0.05, 0.1) is 6.10 Å². The van der Waals surface area contributed by atoms with Gasteiger partial charge in [-0.15, -0.1) is 0 Å². The standard InChI is InChI=1S/C30H46OS/c1-22(2)30(9,26-18-14-11-15-19-26)29(7,8)24(4)27(25-16-12-10-13-17-25)20-28(5,6)32-21-23(3)31/h10-19,22-24,27,31H,20-21H2,1-9H3. The van der Waals surface area contributed by atoms with Crippen LogP contribution in [-0.2, 0) is 5.41 Å². The summed E-state index contributed by atoms with van der Waals surface area (Å²) in [5, 5.41) is 9.88. The lowest BCUT2D eigenvalue weighted by atomic mass is 9.51. The Morgan fingerprint density at radius 2 is 1.28 bits per heavy atom. The van der Waals surface area contributed by atoms with Crippen molar-refractivity contribution in [2.24, 2.45) is 17.3 Å². The molecule has 0 saturated heterocycles. The van der Waals surface area contributed by atoms with Gasteiger partial charge in [0.25, 0.3) is 0 Å². The first kappa shape index (κ1) is 27.0. The lowest BCUT2D eigenvalue weighted by Gasteiger charge is -2.54. The van der Waals surface area contributed by atoms with Gasteiger partial charge in [-0.2, -0.15) is 11.8 Å². The second kappa shape index (κ2) is 10.8. The zero-order valence-corrected chi connectivity index (χ0v) is 22.7. The van der Waals surface area contributed by atoms with Gasteiger partial charge in [0.15, 0.2) is 0 Å². The lowest BCUT2D eigenvalue weighted by Crippen LogP contribution is -2.49. The van der Waals surface area contributed by atoms with Crippen LogP contribution < -0.4 is 0 Å². The number of hydrogen-bond donors (Lipinski definition) is 1. The summed E-state index contributed by atoms with van der Waals surface area (Å²) in [4.78, 5) is 0. The fraction of sp³-hybridized carbons (Fsp3) is 0.600. The first-order chi connectivity index (χ1) is 14.8. The molecule has 2 aromatic rings. The maximum absolute atomic E-state index is 9.88. The van der Waals surface area contributed by atoms with Crippen LogP contribution in [0.5, 0.6) is 0 Å². The van der Waals surface area contributed by atoms with Crippen molar-refractivity contribution in [2.75, 3.05) is 5.75 Å². The van der Waals surface area contributed by atoms with Gasteiger partial charge in [-0.3, -0.25) is 0 Å². The third-order valence-corrected chi connectivity index (χ3v) is 9.86. The summed E-state index contributed by atoms with van der Waals surface area (Å²) in [5.74, 6) is 2.19. The second-order valence-corrected chi connectivity index (χ2v) is 13.1. The van der Waals surface area contributed by atoms with E-state index in [0.717, 1.165) is 12.2 Å². The molecule has 0 bridgehead atoms. The van der Waals surface area contributed by atoms with E-state index in [1.54, 1.807) is 0 Å². The van der Waals surface area contributed by atoms with Gasteiger partial charge in [-0.1, -0.05) is 116 Å². The topological polar surface area (TPSA) is 20.2 Å². The molecule has 0 aliphatic heterocycles. The minimum absolute atomic E-state index is 0.0393. The molecule has 32 heavy (non-hydrogen) atoms. The molecule has 4 atom stereocenters. The van der Waals surface area contributed by atoms with Crippen LogP contribution >= 0.6 is 11.8 Å². The van der Waals surface area contributed by atoms with Crippen molar-refractivity contribution in [1.82, 2.24) is 0 Å². The SMILES string of the molecule is CC(O)CSC(C)(C)CC(c1ccccc1)C(C)C(C)(C)C(C)(c1ccccc1)C(C)C. The number of hydrogen-bond acceptors (Lipinski definition) is 2. The Hall–Kier alpha value is -1.25. The molecule has 0 saturated carbocycles. The van der Waals surface area contributed by atoms with Gasteiger partial charge in [0.2, 0.25) is 0 Å². The Kier molecular flexibility index (Phi) is 9.10. The number of thioether (sulfide) groups is 1. The molecule has 0 aromatic heterocycles. The number of benzene rings is 2. The van der Waals surface area contributed by atoms with Crippen LogP contribution in [-0.4, -0.2) is 21.7 Å². The van der Waals surface area contributed by atoms with Gasteiger partial charge < -0.3 is 5.11 Å². The van der Waals surface area contributed by atoms with E-state index in [-0.39, 0.29) is 21.7 Å². The van der Waals surface area contributed by atoms with Gasteiger partial charge in [-0.25, -0.2) is 0 Å². The summed E-state index contributed by atoms with van der Waals surface area (Å²) in [6.07, 6.45) is 0.813. The summed E-state index contributed by atoms with van der Waals surface area (Å²) in [6.45, 7) is 21.2. The van der Waals surface area contributed by atoms with E-state index in [2.05, 4.69) is 116 Å². The number of aliphatic hydroxyl groups is 1. The summed E-state index contributed by atoms with van der Waals surface area (Å²) in [7, 11) is 0.